The number of ether oxygens (including phenoxy) is 1. The van der Waals surface area contributed by atoms with Gasteiger partial charge in [0.2, 0.25) is 0 Å². The molecule has 0 aromatic heterocycles. The number of nitrogens with zero attached hydrogens (tertiary/aromatic N) is 1. The molecule has 1 unspecified atom stereocenters. The van der Waals surface area contributed by atoms with E-state index in [1.165, 1.54) is 12.0 Å². The van der Waals surface area contributed by atoms with Gasteiger partial charge in [-0.15, -0.1) is 0 Å². The van der Waals surface area contributed by atoms with Crippen LogP contribution in [0.2, 0.25) is 0 Å². The number of halogens is 1. The molecule has 0 aliphatic rings. The highest BCUT2D eigenvalue weighted by molar-refractivity contribution is 9.10. The van der Waals surface area contributed by atoms with E-state index in [4.69, 9.17) is 10.5 Å². The molecule has 0 bridgehead atoms. The van der Waals surface area contributed by atoms with E-state index in [1.54, 1.807) is 25.2 Å². The summed E-state index contributed by atoms with van der Waals surface area (Å²) in [6.45, 7) is 0.379. The van der Waals surface area contributed by atoms with Crippen molar-refractivity contribution in [2.24, 2.45) is 0 Å². The number of anilines is 1. The van der Waals surface area contributed by atoms with Crippen LogP contribution in [-0.4, -0.2) is 49.3 Å². The molecule has 1 aromatic rings. The number of nitrogens with two attached hydrogens (primary N) is 1. The van der Waals surface area contributed by atoms with Crippen molar-refractivity contribution in [3.8, 4) is 0 Å². The predicted octanol–water partition coefficient (Wildman–Crippen LogP) is 1.11. The van der Waals surface area contributed by atoms with Gasteiger partial charge in [0, 0.05) is 30.9 Å². The second-order valence-electron chi connectivity index (χ2n) is 4.03. The Bertz CT molecular complexity index is 426. The molecule has 0 fully saturated rings. The zero-order valence-electron chi connectivity index (χ0n) is 10.4. The van der Waals surface area contributed by atoms with Crippen LogP contribution in [0.3, 0.4) is 0 Å². The number of aliphatic hydroxyl groups is 1. The molecule has 5 nitrogen and oxygen atoms in total. The number of carbonyl (C=O) groups excluding carboxylic acids is 1. The number of amides is 1. The molecule has 0 aliphatic heterocycles. The Morgan fingerprint density at radius 2 is 2.28 bits per heavy atom. The van der Waals surface area contributed by atoms with Gasteiger partial charge in [-0.1, -0.05) is 15.9 Å². The minimum Gasteiger partial charge on any atom is -0.398 e. The van der Waals surface area contributed by atoms with Crippen molar-refractivity contribution < 1.29 is 14.6 Å². The molecule has 1 aromatic carbocycles. The van der Waals surface area contributed by atoms with Crippen LogP contribution in [0.1, 0.15) is 10.4 Å². The van der Waals surface area contributed by atoms with Crippen molar-refractivity contribution >= 4 is 27.5 Å². The van der Waals surface area contributed by atoms with Gasteiger partial charge < -0.3 is 20.5 Å². The van der Waals surface area contributed by atoms with Crippen molar-refractivity contribution in [3.63, 3.8) is 0 Å². The van der Waals surface area contributed by atoms with Crippen LogP contribution < -0.4 is 5.73 Å². The Morgan fingerprint density at radius 3 is 2.89 bits per heavy atom. The second kappa shape index (κ2) is 6.72. The Hall–Kier alpha value is -1.11. The largest absolute Gasteiger partial charge is 0.398 e. The topological polar surface area (TPSA) is 75.8 Å². The second-order valence-corrected chi connectivity index (χ2v) is 4.94. The highest BCUT2D eigenvalue weighted by Gasteiger charge is 2.17. The first kappa shape index (κ1) is 14.9. The number of rotatable bonds is 5. The van der Waals surface area contributed by atoms with E-state index in [2.05, 4.69) is 15.9 Å². The lowest BCUT2D eigenvalue weighted by atomic mass is 10.1. The van der Waals surface area contributed by atoms with E-state index in [-0.39, 0.29) is 19.1 Å². The molecule has 18 heavy (non-hydrogen) atoms. The fourth-order valence-electron chi connectivity index (χ4n) is 1.56. The average molecular weight is 317 g/mol. The van der Waals surface area contributed by atoms with E-state index in [0.29, 0.717) is 11.3 Å². The first-order valence-electron chi connectivity index (χ1n) is 5.43. The fourth-order valence-corrected chi connectivity index (χ4v) is 1.92. The summed E-state index contributed by atoms with van der Waals surface area (Å²) in [5, 5.41) is 9.58. The molecule has 0 saturated heterocycles. The van der Waals surface area contributed by atoms with Gasteiger partial charge in [0.05, 0.1) is 18.3 Å². The van der Waals surface area contributed by atoms with Gasteiger partial charge in [0.25, 0.3) is 5.91 Å². The number of hydrogen-bond acceptors (Lipinski definition) is 4. The summed E-state index contributed by atoms with van der Waals surface area (Å²) in [6, 6.07) is 5.10. The van der Waals surface area contributed by atoms with Crippen LogP contribution in [0, 0.1) is 0 Å². The first-order valence-corrected chi connectivity index (χ1v) is 6.22. The third-order valence-electron chi connectivity index (χ3n) is 2.44. The predicted molar refractivity (Wildman–Crippen MR) is 73.4 cm³/mol. The minimum atomic E-state index is -0.711. The molecular weight excluding hydrogens is 300 g/mol. The molecule has 100 valence electrons. The number of likely N-dealkylation sites (N-methyl/N-ethyl adjacent to an activating group) is 1. The summed E-state index contributed by atoms with van der Waals surface area (Å²) in [4.78, 5) is 13.5. The smallest absolute Gasteiger partial charge is 0.255 e. The zero-order chi connectivity index (χ0) is 13.7. The lowest BCUT2D eigenvalue weighted by molar-refractivity contribution is 0.0380. The summed E-state index contributed by atoms with van der Waals surface area (Å²) < 4.78 is 5.60. The first-order chi connectivity index (χ1) is 8.45. The molecule has 3 N–H and O–H groups in total. The maximum atomic E-state index is 12.1. The summed E-state index contributed by atoms with van der Waals surface area (Å²) in [7, 11) is 3.11. The van der Waals surface area contributed by atoms with Crippen molar-refractivity contribution in [2.45, 2.75) is 6.10 Å². The molecule has 0 saturated carbocycles. The molecule has 1 amide bonds. The zero-order valence-corrected chi connectivity index (χ0v) is 12.0. The van der Waals surface area contributed by atoms with Gasteiger partial charge >= 0.3 is 0 Å². The molecule has 0 heterocycles. The third kappa shape index (κ3) is 3.97. The normalized spacial score (nSPS) is 12.2. The van der Waals surface area contributed by atoms with Crippen LogP contribution in [-0.2, 0) is 4.74 Å². The Morgan fingerprint density at radius 1 is 1.61 bits per heavy atom. The summed E-state index contributed by atoms with van der Waals surface area (Å²) in [6.07, 6.45) is -0.711. The molecule has 6 heteroatoms. The number of methoxy groups -OCH3 is 1. The number of aliphatic hydroxyl groups excluding tert-OH is 1. The number of hydrogen-bond donors (Lipinski definition) is 2. The van der Waals surface area contributed by atoms with Crippen molar-refractivity contribution in [3.05, 3.63) is 28.2 Å². The monoisotopic (exact) mass is 316 g/mol. The Balaban J connectivity index is 2.77. The van der Waals surface area contributed by atoms with Gasteiger partial charge in [-0.2, -0.15) is 0 Å². The fraction of sp³-hybridized carbons (Fsp3) is 0.417. The maximum absolute atomic E-state index is 12.1. The Labute approximate surface area is 115 Å². The molecule has 1 rings (SSSR count). The van der Waals surface area contributed by atoms with Crippen LogP contribution in [0.4, 0.5) is 5.69 Å². The lowest BCUT2D eigenvalue weighted by Gasteiger charge is -2.21. The van der Waals surface area contributed by atoms with E-state index < -0.39 is 6.10 Å². The highest BCUT2D eigenvalue weighted by Crippen LogP contribution is 2.19. The van der Waals surface area contributed by atoms with Crippen LogP contribution >= 0.6 is 15.9 Å². The van der Waals surface area contributed by atoms with E-state index >= 15 is 0 Å². The van der Waals surface area contributed by atoms with Crippen molar-refractivity contribution in [1.29, 1.82) is 0 Å². The number of benzene rings is 1. The molecule has 0 spiro atoms. The highest BCUT2D eigenvalue weighted by atomic mass is 79.9. The molecule has 0 radical (unpaired) electrons. The quantitative estimate of drug-likeness (QED) is 0.798. The van der Waals surface area contributed by atoms with Crippen LogP contribution in [0.5, 0.6) is 0 Å². The Kier molecular flexibility index (Phi) is 5.58. The van der Waals surface area contributed by atoms with Gasteiger partial charge in [0.1, 0.15) is 0 Å². The standard InChI is InChI=1S/C12H17BrN2O3/c1-15(6-9(16)7-18-2)12(17)10-5-8(13)3-4-11(10)14/h3-5,9,16H,6-7,14H2,1-2H3. The third-order valence-corrected chi connectivity index (χ3v) is 2.93. The average Bonchev–Trinajstić information content (AvgIpc) is 2.31. The van der Waals surface area contributed by atoms with Crippen molar-refractivity contribution in [2.75, 3.05) is 33.0 Å². The molecule has 1 atom stereocenters. The van der Waals surface area contributed by atoms with Gasteiger partial charge in [-0.05, 0) is 18.2 Å². The lowest BCUT2D eigenvalue weighted by Crippen LogP contribution is -2.36. The van der Waals surface area contributed by atoms with Gasteiger partial charge in [-0.3, -0.25) is 4.79 Å². The summed E-state index contributed by atoms with van der Waals surface area (Å²) in [5.74, 6) is -0.232. The van der Waals surface area contributed by atoms with E-state index in [0.717, 1.165) is 4.47 Å². The van der Waals surface area contributed by atoms with Crippen LogP contribution in [0.15, 0.2) is 22.7 Å². The molecular formula is C12H17BrN2O3. The number of carbonyl (C=O) groups is 1. The van der Waals surface area contributed by atoms with E-state index in [9.17, 15) is 9.90 Å². The maximum Gasteiger partial charge on any atom is 0.255 e. The van der Waals surface area contributed by atoms with Crippen molar-refractivity contribution in [1.82, 2.24) is 4.90 Å². The van der Waals surface area contributed by atoms with Gasteiger partial charge in [-0.25, -0.2) is 0 Å². The number of nitrogen functional groups attached to an aromatic ring is 1. The van der Waals surface area contributed by atoms with Crippen LogP contribution in [0.25, 0.3) is 0 Å². The molecule has 0 aliphatic carbocycles. The summed E-state index contributed by atoms with van der Waals surface area (Å²) >= 11 is 3.29. The SMILES string of the molecule is COCC(O)CN(C)C(=O)c1cc(Br)ccc1N. The van der Waals surface area contributed by atoms with E-state index in [1.807, 2.05) is 0 Å². The summed E-state index contributed by atoms with van der Waals surface area (Å²) in [5.41, 5.74) is 6.59. The van der Waals surface area contributed by atoms with Gasteiger partial charge in [0.15, 0.2) is 0 Å². The minimum absolute atomic E-state index is 0.186.